The number of furan rings is 1. The van der Waals surface area contributed by atoms with Crippen molar-refractivity contribution in [1.82, 2.24) is 0 Å². The zero-order valence-corrected chi connectivity index (χ0v) is 13.7. The Labute approximate surface area is 131 Å². The van der Waals surface area contributed by atoms with Crippen LogP contribution in [0.5, 0.6) is 0 Å². The number of nitrogens with zero attached hydrogens (tertiary/aromatic N) is 1. The normalized spacial score (nSPS) is 12.8. The number of aliphatic hydroxyl groups is 1. The largest absolute Gasteiger partial charge is 1.00 e. The zero-order valence-electron chi connectivity index (χ0n) is 11.5. The Morgan fingerprint density at radius 2 is 1.68 bits per heavy atom. The maximum Gasteiger partial charge on any atom is 0.158 e. The summed E-state index contributed by atoms with van der Waals surface area (Å²) in [5, 5.41) is 10.2. The highest BCUT2D eigenvalue weighted by molar-refractivity contribution is 5.24. The van der Waals surface area contributed by atoms with E-state index in [9.17, 15) is 5.11 Å². The average molecular weight is 373 g/mol. The van der Waals surface area contributed by atoms with Gasteiger partial charge in [0.05, 0.1) is 21.1 Å². The molecule has 1 aromatic heterocycles. The molecule has 19 heavy (non-hydrogen) atoms. The van der Waals surface area contributed by atoms with E-state index in [1.165, 1.54) is 0 Å². The maximum absolute atomic E-state index is 10.2. The Kier molecular flexibility index (Phi) is 5.58. The van der Waals surface area contributed by atoms with Crippen molar-refractivity contribution in [1.29, 1.82) is 0 Å². The minimum atomic E-state index is -0.688. The molecule has 3 nitrogen and oxygen atoms in total. The Morgan fingerprint density at radius 3 is 2.26 bits per heavy atom. The molecule has 1 atom stereocenters. The van der Waals surface area contributed by atoms with Crippen molar-refractivity contribution in [3.63, 3.8) is 0 Å². The average Bonchev–Trinajstić information content (AvgIpc) is 2.75. The molecule has 1 heterocycles. The van der Waals surface area contributed by atoms with Crippen molar-refractivity contribution in [2.24, 2.45) is 0 Å². The third-order valence-electron chi connectivity index (χ3n) is 2.70. The summed E-state index contributed by atoms with van der Waals surface area (Å²) >= 11 is 0. The van der Waals surface area contributed by atoms with Gasteiger partial charge in [-0.3, -0.25) is 0 Å². The van der Waals surface area contributed by atoms with E-state index in [-0.39, 0.29) is 24.0 Å². The van der Waals surface area contributed by atoms with Gasteiger partial charge in [-0.2, -0.15) is 0 Å². The summed E-state index contributed by atoms with van der Waals surface area (Å²) in [6, 6.07) is 13.3. The molecular weight excluding hydrogens is 353 g/mol. The number of hydrogen-bond donors (Lipinski definition) is 1. The summed E-state index contributed by atoms with van der Waals surface area (Å²) in [6.07, 6.45) is -0.688. The molecule has 0 aliphatic heterocycles. The summed E-state index contributed by atoms with van der Waals surface area (Å²) < 4.78 is 6.51. The molecule has 4 heteroatoms. The van der Waals surface area contributed by atoms with Gasteiger partial charge < -0.3 is 38.0 Å². The molecule has 1 aromatic carbocycles. The Balaban J connectivity index is 0.00000180. The van der Waals surface area contributed by atoms with Gasteiger partial charge in [0.15, 0.2) is 5.76 Å². The van der Waals surface area contributed by atoms with Crippen molar-refractivity contribution in [2.45, 2.75) is 12.6 Å². The molecule has 0 saturated carbocycles. The highest BCUT2D eigenvalue weighted by atomic mass is 127. The standard InChI is InChI=1S/C15H20NO2.HI/c1-16(2,3)11-13-9-10-14(18-13)15(17)12-7-5-4-6-8-12;/h4-10,15,17H,11H2,1-3H3;1H/q+1;/p-1. The highest BCUT2D eigenvalue weighted by Gasteiger charge is 2.17. The van der Waals surface area contributed by atoms with Gasteiger partial charge in [0, 0.05) is 0 Å². The van der Waals surface area contributed by atoms with Gasteiger partial charge in [-0.15, -0.1) is 0 Å². The maximum atomic E-state index is 10.2. The number of aliphatic hydroxyl groups excluding tert-OH is 1. The van der Waals surface area contributed by atoms with Crippen molar-refractivity contribution in [3.8, 4) is 0 Å². The summed E-state index contributed by atoms with van der Waals surface area (Å²) in [4.78, 5) is 0. The minimum Gasteiger partial charge on any atom is -1.00 e. The van der Waals surface area contributed by atoms with E-state index in [4.69, 9.17) is 4.42 Å². The first kappa shape index (κ1) is 16.2. The van der Waals surface area contributed by atoms with Crippen LogP contribution in [-0.4, -0.2) is 30.7 Å². The lowest BCUT2D eigenvalue weighted by Gasteiger charge is -2.22. The summed E-state index contributed by atoms with van der Waals surface area (Å²) in [5.41, 5.74) is 0.851. The van der Waals surface area contributed by atoms with Crippen LogP contribution in [0.2, 0.25) is 0 Å². The summed E-state index contributed by atoms with van der Waals surface area (Å²) in [6.45, 7) is 0.807. The lowest BCUT2D eigenvalue weighted by molar-refractivity contribution is -0.884. The van der Waals surface area contributed by atoms with Crippen LogP contribution < -0.4 is 24.0 Å². The van der Waals surface area contributed by atoms with Crippen molar-refractivity contribution < 1.29 is 38.0 Å². The molecule has 0 radical (unpaired) electrons. The number of halogens is 1. The van der Waals surface area contributed by atoms with Crippen LogP contribution in [0.3, 0.4) is 0 Å². The first-order valence-electron chi connectivity index (χ1n) is 6.08. The number of rotatable bonds is 4. The fourth-order valence-electron chi connectivity index (χ4n) is 1.89. The highest BCUT2D eigenvalue weighted by Crippen LogP contribution is 2.24. The van der Waals surface area contributed by atoms with E-state index in [2.05, 4.69) is 21.1 Å². The van der Waals surface area contributed by atoms with E-state index >= 15 is 0 Å². The van der Waals surface area contributed by atoms with Crippen LogP contribution in [0.15, 0.2) is 46.9 Å². The minimum absolute atomic E-state index is 0. The summed E-state index contributed by atoms with van der Waals surface area (Å²) in [7, 11) is 6.32. The zero-order chi connectivity index (χ0) is 13.2. The van der Waals surface area contributed by atoms with Crippen LogP contribution >= 0.6 is 0 Å². The SMILES string of the molecule is C[N+](C)(C)Cc1ccc(C(O)c2ccccc2)o1.[I-]. The van der Waals surface area contributed by atoms with Gasteiger partial charge in [0.1, 0.15) is 18.4 Å². The number of hydrogen-bond acceptors (Lipinski definition) is 2. The topological polar surface area (TPSA) is 33.4 Å². The molecular formula is C15H20INO2. The molecule has 0 bridgehead atoms. The van der Waals surface area contributed by atoms with Gasteiger partial charge in [-0.05, 0) is 17.7 Å². The molecule has 0 saturated heterocycles. The monoisotopic (exact) mass is 373 g/mol. The molecule has 2 rings (SSSR count). The predicted molar refractivity (Wildman–Crippen MR) is 70.9 cm³/mol. The fourth-order valence-corrected chi connectivity index (χ4v) is 1.89. The second-order valence-corrected chi connectivity index (χ2v) is 5.57. The molecule has 0 fully saturated rings. The fraction of sp³-hybridized carbons (Fsp3) is 0.333. The third-order valence-corrected chi connectivity index (χ3v) is 2.70. The second-order valence-electron chi connectivity index (χ2n) is 5.57. The quantitative estimate of drug-likeness (QED) is 0.583. The van der Waals surface area contributed by atoms with E-state index in [0.29, 0.717) is 5.76 Å². The number of quaternary nitrogens is 1. The van der Waals surface area contributed by atoms with Gasteiger partial charge in [0.25, 0.3) is 0 Å². The number of benzene rings is 1. The molecule has 104 valence electrons. The first-order valence-corrected chi connectivity index (χ1v) is 6.08. The summed E-state index contributed by atoms with van der Waals surface area (Å²) in [5.74, 6) is 1.50. The third kappa shape index (κ3) is 4.63. The molecule has 0 aliphatic carbocycles. The smallest absolute Gasteiger partial charge is 0.158 e. The molecule has 1 N–H and O–H groups in total. The lowest BCUT2D eigenvalue weighted by Crippen LogP contribution is -3.00. The van der Waals surface area contributed by atoms with Crippen LogP contribution in [0, 0.1) is 0 Å². The van der Waals surface area contributed by atoms with E-state index in [1.807, 2.05) is 42.5 Å². The van der Waals surface area contributed by atoms with Gasteiger partial charge in [-0.25, -0.2) is 0 Å². The van der Waals surface area contributed by atoms with E-state index in [0.717, 1.165) is 22.4 Å². The molecule has 0 amide bonds. The Hall–Kier alpha value is -0.850. The van der Waals surface area contributed by atoms with E-state index < -0.39 is 6.10 Å². The van der Waals surface area contributed by atoms with Crippen molar-refractivity contribution in [2.75, 3.05) is 21.1 Å². The Bertz CT molecular complexity index is 502. The molecule has 1 unspecified atom stereocenters. The van der Waals surface area contributed by atoms with Crippen molar-refractivity contribution >= 4 is 0 Å². The molecule has 0 spiro atoms. The Morgan fingerprint density at radius 1 is 1.05 bits per heavy atom. The molecule has 0 aliphatic rings. The van der Waals surface area contributed by atoms with Gasteiger partial charge in [-0.1, -0.05) is 30.3 Å². The van der Waals surface area contributed by atoms with Crippen LogP contribution in [0.1, 0.15) is 23.2 Å². The van der Waals surface area contributed by atoms with Crippen LogP contribution in [-0.2, 0) is 6.54 Å². The predicted octanol–water partition coefficient (Wildman–Crippen LogP) is -0.428. The van der Waals surface area contributed by atoms with Crippen molar-refractivity contribution in [3.05, 3.63) is 59.5 Å². The van der Waals surface area contributed by atoms with Gasteiger partial charge in [0.2, 0.25) is 0 Å². The molecule has 2 aromatic rings. The van der Waals surface area contributed by atoms with Crippen LogP contribution in [0.4, 0.5) is 0 Å². The second kappa shape index (κ2) is 6.54. The van der Waals surface area contributed by atoms with Crippen LogP contribution in [0.25, 0.3) is 0 Å². The van der Waals surface area contributed by atoms with E-state index in [1.54, 1.807) is 0 Å². The van der Waals surface area contributed by atoms with Gasteiger partial charge >= 0.3 is 0 Å². The lowest BCUT2D eigenvalue weighted by atomic mass is 10.1. The first-order chi connectivity index (χ1) is 8.46.